The molecular weight excluding hydrogens is 228 g/mol. The Balaban J connectivity index is 2.94. The zero-order valence-electron chi connectivity index (χ0n) is 11.6. The molecule has 0 fully saturated rings. The highest BCUT2D eigenvalue weighted by Crippen LogP contribution is 2.26. The Morgan fingerprint density at radius 3 is 2.67 bits per heavy atom. The average molecular weight is 250 g/mol. The van der Waals surface area contributed by atoms with E-state index < -0.39 is 0 Å². The van der Waals surface area contributed by atoms with Crippen molar-refractivity contribution in [2.24, 2.45) is 0 Å². The Kier molecular flexibility index (Phi) is 5.01. The smallest absolute Gasteiger partial charge is 0.337 e. The summed E-state index contributed by atoms with van der Waals surface area (Å²) in [6, 6.07) is 5.69. The number of esters is 1. The lowest BCUT2D eigenvalue weighted by Gasteiger charge is -2.28. The third-order valence-corrected chi connectivity index (χ3v) is 3.20. The average Bonchev–Trinajstić information content (AvgIpc) is 2.37. The Labute approximate surface area is 109 Å². The van der Waals surface area contributed by atoms with Gasteiger partial charge in [-0.15, -0.1) is 0 Å². The van der Waals surface area contributed by atoms with Crippen LogP contribution in [0.3, 0.4) is 0 Å². The summed E-state index contributed by atoms with van der Waals surface area (Å²) in [7, 11) is 3.38. The highest BCUT2D eigenvalue weighted by Gasteiger charge is 2.14. The van der Waals surface area contributed by atoms with E-state index in [1.807, 2.05) is 13.1 Å². The largest absolute Gasteiger partial charge is 0.465 e. The standard InChI is InChI=1S/C14H22N2O2/c1-5-6-10(2)16(3)13-8-7-11(9-12(13)15)14(17)18-4/h7-10H,5-6,15H2,1-4H3. The van der Waals surface area contributed by atoms with Gasteiger partial charge in [0.1, 0.15) is 0 Å². The summed E-state index contributed by atoms with van der Waals surface area (Å²) in [5, 5.41) is 0. The molecule has 0 aliphatic heterocycles. The maximum Gasteiger partial charge on any atom is 0.337 e. The van der Waals surface area contributed by atoms with Gasteiger partial charge < -0.3 is 15.4 Å². The molecule has 1 aromatic carbocycles. The number of benzene rings is 1. The van der Waals surface area contributed by atoms with Crippen LogP contribution in [0, 0.1) is 0 Å². The van der Waals surface area contributed by atoms with Gasteiger partial charge in [0.25, 0.3) is 0 Å². The molecule has 0 aliphatic carbocycles. The fraction of sp³-hybridized carbons (Fsp3) is 0.500. The monoisotopic (exact) mass is 250 g/mol. The number of ether oxygens (including phenoxy) is 1. The van der Waals surface area contributed by atoms with E-state index in [0.717, 1.165) is 18.5 Å². The van der Waals surface area contributed by atoms with E-state index >= 15 is 0 Å². The Bertz CT molecular complexity index is 418. The molecule has 0 radical (unpaired) electrons. The molecule has 0 saturated carbocycles. The molecule has 1 unspecified atom stereocenters. The lowest BCUT2D eigenvalue weighted by atomic mass is 10.1. The summed E-state index contributed by atoms with van der Waals surface area (Å²) in [6.45, 7) is 4.32. The molecular formula is C14H22N2O2. The summed E-state index contributed by atoms with van der Waals surface area (Å²) in [6.07, 6.45) is 2.24. The zero-order valence-corrected chi connectivity index (χ0v) is 11.6. The van der Waals surface area contributed by atoms with Crippen molar-refractivity contribution in [2.45, 2.75) is 32.7 Å². The molecule has 1 atom stereocenters. The molecule has 0 aromatic heterocycles. The van der Waals surface area contributed by atoms with Crippen LogP contribution >= 0.6 is 0 Å². The Morgan fingerprint density at radius 1 is 1.50 bits per heavy atom. The summed E-state index contributed by atoms with van der Waals surface area (Å²) < 4.78 is 4.67. The van der Waals surface area contributed by atoms with Crippen LogP contribution in [0.15, 0.2) is 18.2 Å². The molecule has 0 spiro atoms. The molecule has 0 saturated heterocycles. The molecule has 1 rings (SSSR count). The van der Waals surface area contributed by atoms with Crippen molar-refractivity contribution in [2.75, 3.05) is 24.8 Å². The number of carbonyl (C=O) groups excluding carboxylic acids is 1. The van der Waals surface area contributed by atoms with Crippen LogP contribution in [0.25, 0.3) is 0 Å². The van der Waals surface area contributed by atoms with E-state index in [4.69, 9.17) is 5.73 Å². The molecule has 18 heavy (non-hydrogen) atoms. The first-order valence-corrected chi connectivity index (χ1v) is 6.21. The van der Waals surface area contributed by atoms with Crippen LogP contribution in [-0.2, 0) is 4.74 Å². The topological polar surface area (TPSA) is 55.6 Å². The van der Waals surface area contributed by atoms with E-state index in [1.54, 1.807) is 12.1 Å². The van der Waals surface area contributed by atoms with Crippen LogP contribution in [0.5, 0.6) is 0 Å². The number of nitrogens with zero attached hydrogens (tertiary/aromatic N) is 1. The van der Waals surface area contributed by atoms with Crippen LogP contribution < -0.4 is 10.6 Å². The van der Waals surface area contributed by atoms with Gasteiger partial charge >= 0.3 is 5.97 Å². The molecule has 100 valence electrons. The second-order valence-corrected chi connectivity index (χ2v) is 4.51. The van der Waals surface area contributed by atoms with Gasteiger partial charge in [0.05, 0.1) is 24.0 Å². The zero-order chi connectivity index (χ0) is 13.7. The highest BCUT2D eigenvalue weighted by atomic mass is 16.5. The number of nitrogen functional groups attached to an aromatic ring is 1. The molecule has 4 nitrogen and oxygen atoms in total. The predicted molar refractivity (Wildman–Crippen MR) is 75.0 cm³/mol. The van der Waals surface area contributed by atoms with Crippen molar-refractivity contribution in [3.8, 4) is 0 Å². The minimum atomic E-state index is -0.363. The van der Waals surface area contributed by atoms with E-state index in [1.165, 1.54) is 7.11 Å². The van der Waals surface area contributed by atoms with Crippen LogP contribution in [0.1, 0.15) is 37.0 Å². The van der Waals surface area contributed by atoms with Crippen molar-refractivity contribution in [1.29, 1.82) is 0 Å². The highest BCUT2D eigenvalue weighted by molar-refractivity contribution is 5.91. The number of methoxy groups -OCH3 is 1. The maximum atomic E-state index is 11.4. The van der Waals surface area contributed by atoms with Crippen LogP contribution in [0.2, 0.25) is 0 Å². The summed E-state index contributed by atoms with van der Waals surface area (Å²) >= 11 is 0. The second kappa shape index (κ2) is 6.28. The quantitative estimate of drug-likeness (QED) is 0.645. The molecule has 0 aliphatic rings. The van der Waals surface area contributed by atoms with Gasteiger partial charge in [0.15, 0.2) is 0 Å². The summed E-state index contributed by atoms with van der Waals surface area (Å²) in [4.78, 5) is 13.5. The molecule has 0 heterocycles. The number of anilines is 2. The minimum Gasteiger partial charge on any atom is -0.465 e. The van der Waals surface area contributed by atoms with Crippen molar-refractivity contribution in [3.63, 3.8) is 0 Å². The molecule has 4 heteroatoms. The maximum absolute atomic E-state index is 11.4. The van der Waals surface area contributed by atoms with E-state index in [-0.39, 0.29) is 5.97 Å². The normalized spacial score (nSPS) is 12.0. The number of rotatable bonds is 5. The SMILES string of the molecule is CCCC(C)N(C)c1ccc(C(=O)OC)cc1N. The minimum absolute atomic E-state index is 0.363. The summed E-state index contributed by atoms with van der Waals surface area (Å²) in [5.41, 5.74) is 8.03. The lowest BCUT2D eigenvalue weighted by molar-refractivity contribution is 0.0601. The van der Waals surface area contributed by atoms with Gasteiger partial charge in [0, 0.05) is 13.1 Å². The number of hydrogen-bond donors (Lipinski definition) is 1. The Morgan fingerprint density at radius 2 is 2.17 bits per heavy atom. The van der Waals surface area contributed by atoms with Crippen LogP contribution in [-0.4, -0.2) is 26.2 Å². The van der Waals surface area contributed by atoms with Gasteiger partial charge in [-0.3, -0.25) is 0 Å². The molecule has 1 aromatic rings. The van der Waals surface area contributed by atoms with Crippen molar-refractivity contribution in [3.05, 3.63) is 23.8 Å². The van der Waals surface area contributed by atoms with Gasteiger partial charge in [-0.05, 0) is 31.5 Å². The predicted octanol–water partition coefficient (Wildman–Crippen LogP) is 2.68. The number of hydrogen-bond acceptors (Lipinski definition) is 4. The first-order chi connectivity index (χ1) is 8.51. The molecule has 0 amide bonds. The van der Waals surface area contributed by atoms with Crippen molar-refractivity contribution in [1.82, 2.24) is 0 Å². The van der Waals surface area contributed by atoms with Crippen LogP contribution in [0.4, 0.5) is 11.4 Å². The Hall–Kier alpha value is -1.71. The third-order valence-electron chi connectivity index (χ3n) is 3.20. The first kappa shape index (κ1) is 14.4. The van der Waals surface area contributed by atoms with Crippen molar-refractivity contribution < 1.29 is 9.53 Å². The van der Waals surface area contributed by atoms with Gasteiger partial charge in [-0.2, -0.15) is 0 Å². The van der Waals surface area contributed by atoms with Gasteiger partial charge in [0.2, 0.25) is 0 Å². The van der Waals surface area contributed by atoms with Gasteiger partial charge in [-0.25, -0.2) is 4.79 Å². The first-order valence-electron chi connectivity index (χ1n) is 6.21. The second-order valence-electron chi connectivity index (χ2n) is 4.51. The fourth-order valence-corrected chi connectivity index (χ4v) is 1.97. The van der Waals surface area contributed by atoms with E-state index in [2.05, 4.69) is 23.5 Å². The molecule has 0 bridgehead atoms. The van der Waals surface area contributed by atoms with E-state index in [0.29, 0.717) is 17.3 Å². The number of nitrogens with two attached hydrogens (primary N) is 1. The molecule has 2 N–H and O–H groups in total. The van der Waals surface area contributed by atoms with Crippen molar-refractivity contribution >= 4 is 17.3 Å². The lowest BCUT2D eigenvalue weighted by Crippen LogP contribution is -2.29. The van der Waals surface area contributed by atoms with E-state index in [9.17, 15) is 4.79 Å². The fourth-order valence-electron chi connectivity index (χ4n) is 1.97. The number of carbonyl (C=O) groups is 1. The van der Waals surface area contributed by atoms with Gasteiger partial charge in [-0.1, -0.05) is 13.3 Å². The third kappa shape index (κ3) is 3.15. The summed E-state index contributed by atoms with van der Waals surface area (Å²) in [5.74, 6) is -0.363.